The Hall–Kier alpha value is -2.11. The monoisotopic (exact) mass is 273 g/mol. The molecule has 1 N–H and O–H groups in total. The van der Waals surface area contributed by atoms with Crippen LogP contribution < -0.4 is 10.2 Å². The summed E-state index contributed by atoms with van der Waals surface area (Å²) < 4.78 is 1.65. The number of amides is 1. The summed E-state index contributed by atoms with van der Waals surface area (Å²) in [6, 6.07) is 1.96. The first kappa shape index (κ1) is 12.9. The van der Waals surface area contributed by atoms with Gasteiger partial charge in [-0.05, 0) is 25.3 Å². The van der Waals surface area contributed by atoms with E-state index in [-0.39, 0.29) is 5.91 Å². The molecule has 0 aliphatic carbocycles. The Labute approximate surface area is 117 Å². The lowest BCUT2D eigenvalue weighted by molar-refractivity contribution is 0.0955. The van der Waals surface area contributed by atoms with Gasteiger partial charge in [-0.3, -0.25) is 4.79 Å². The topological polar surface area (TPSA) is 62.5 Å². The molecule has 1 aliphatic rings. The molecule has 2 aromatic heterocycles. The molecule has 0 spiro atoms. The average molecular weight is 273 g/mol. The van der Waals surface area contributed by atoms with Gasteiger partial charge in [0.2, 0.25) is 0 Å². The maximum Gasteiger partial charge on any atom is 0.256 e. The van der Waals surface area contributed by atoms with E-state index in [1.54, 1.807) is 10.7 Å². The van der Waals surface area contributed by atoms with Crippen molar-refractivity contribution < 1.29 is 4.79 Å². The highest BCUT2D eigenvalue weighted by Gasteiger charge is 2.17. The van der Waals surface area contributed by atoms with Gasteiger partial charge in [-0.2, -0.15) is 5.10 Å². The third-order valence-corrected chi connectivity index (χ3v) is 3.56. The Morgan fingerprint density at radius 3 is 2.95 bits per heavy atom. The van der Waals surface area contributed by atoms with Crippen molar-refractivity contribution in [3.63, 3.8) is 0 Å². The summed E-state index contributed by atoms with van der Waals surface area (Å²) in [6.45, 7) is 4.77. The molecule has 0 bridgehead atoms. The van der Waals surface area contributed by atoms with E-state index in [9.17, 15) is 4.79 Å². The summed E-state index contributed by atoms with van der Waals surface area (Å²) in [5, 5.41) is 7.06. The zero-order chi connectivity index (χ0) is 13.9. The van der Waals surface area contributed by atoms with E-state index in [2.05, 4.69) is 20.3 Å². The average Bonchev–Trinajstić information content (AvgIpc) is 3.12. The Morgan fingerprint density at radius 1 is 1.40 bits per heavy atom. The van der Waals surface area contributed by atoms with Gasteiger partial charge in [0.05, 0.1) is 6.20 Å². The molecule has 1 amide bonds. The maximum absolute atomic E-state index is 12.1. The van der Waals surface area contributed by atoms with Crippen LogP contribution in [-0.2, 0) is 0 Å². The Morgan fingerprint density at radius 2 is 2.20 bits per heavy atom. The lowest BCUT2D eigenvalue weighted by Crippen LogP contribution is -2.24. The van der Waals surface area contributed by atoms with Gasteiger partial charge in [0.1, 0.15) is 11.4 Å². The standard InChI is InChI=1S/C14H19N5O/c1-2-6-15-14(20)11-10-16-19-9-5-12(17-13(11)19)18-7-3-4-8-18/h5,9-10H,2-4,6-8H2,1H3,(H,15,20). The van der Waals surface area contributed by atoms with Gasteiger partial charge >= 0.3 is 0 Å². The predicted molar refractivity (Wildman–Crippen MR) is 77.1 cm³/mol. The minimum atomic E-state index is -0.104. The second-order valence-electron chi connectivity index (χ2n) is 5.06. The lowest BCUT2D eigenvalue weighted by atomic mass is 10.3. The van der Waals surface area contributed by atoms with E-state index in [0.29, 0.717) is 17.8 Å². The molecule has 0 radical (unpaired) electrons. The van der Waals surface area contributed by atoms with Crippen molar-refractivity contribution in [1.82, 2.24) is 19.9 Å². The number of fused-ring (bicyclic) bond motifs is 1. The van der Waals surface area contributed by atoms with Gasteiger partial charge in [-0.25, -0.2) is 9.50 Å². The van der Waals surface area contributed by atoms with Crippen LogP contribution in [0.3, 0.4) is 0 Å². The van der Waals surface area contributed by atoms with Crippen molar-refractivity contribution in [2.24, 2.45) is 0 Å². The van der Waals surface area contributed by atoms with E-state index in [4.69, 9.17) is 0 Å². The van der Waals surface area contributed by atoms with Crippen molar-refractivity contribution in [2.75, 3.05) is 24.5 Å². The van der Waals surface area contributed by atoms with E-state index in [1.807, 2.05) is 19.2 Å². The minimum absolute atomic E-state index is 0.104. The van der Waals surface area contributed by atoms with Crippen molar-refractivity contribution in [3.05, 3.63) is 24.0 Å². The smallest absolute Gasteiger partial charge is 0.256 e. The highest BCUT2D eigenvalue weighted by molar-refractivity contribution is 5.99. The first-order valence-corrected chi connectivity index (χ1v) is 7.17. The Kier molecular flexibility index (Phi) is 3.54. The molecule has 6 heteroatoms. The fourth-order valence-electron chi connectivity index (χ4n) is 2.48. The predicted octanol–water partition coefficient (Wildman–Crippen LogP) is 1.47. The highest BCUT2D eigenvalue weighted by Crippen LogP contribution is 2.19. The highest BCUT2D eigenvalue weighted by atomic mass is 16.1. The van der Waals surface area contributed by atoms with Gasteiger partial charge in [-0.15, -0.1) is 0 Å². The first-order chi connectivity index (χ1) is 9.79. The number of carbonyl (C=O) groups is 1. The Bertz CT molecular complexity index is 615. The second-order valence-corrected chi connectivity index (χ2v) is 5.06. The summed E-state index contributed by atoms with van der Waals surface area (Å²) in [7, 11) is 0. The number of carbonyl (C=O) groups excluding carboxylic acids is 1. The van der Waals surface area contributed by atoms with Crippen molar-refractivity contribution in [1.29, 1.82) is 0 Å². The van der Waals surface area contributed by atoms with Crippen LogP contribution in [0, 0.1) is 0 Å². The number of hydrogen-bond acceptors (Lipinski definition) is 4. The molecule has 106 valence electrons. The van der Waals surface area contributed by atoms with Crippen LogP contribution in [0.5, 0.6) is 0 Å². The fourth-order valence-corrected chi connectivity index (χ4v) is 2.48. The molecule has 6 nitrogen and oxygen atoms in total. The lowest BCUT2D eigenvalue weighted by Gasteiger charge is -2.16. The van der Waals surface area contributed by atoms with Crippen LogP contribution in [0.15, 0.2) is 18.5 Å². The summed E-state index contributed by atoms with van der Waals surface area (Å²) in [5.74, 6) is 0.827. The molecule has 1 saturated heterocycles. The molecule has 1 fully saturated rings. The van der Waals surface area contributed by atoms with Gasteiger partial charge in [-0.1, -0.05) is 6.92 Å². The summed E-state index contributed by atoms with van der Waals surface area (Å²) in [4.78, 5) is 19.0. The van der Waals surface area contributed by atoms with Gasteiger partial charge in [0, 0.05) is 25.8 Å². The molecule has 1 aliphatic heterocycles. The summed E-state index contributed by atoms with van der Waals surface area (Å²) in [5.41, 5.74) is 1.17. The summed E-state index contributed by atoms with van der Waals surface area (Å²) in [6.07, 6.45) is 6.77. The quantitative estimate of drug-likeness (QED) is 0.916. The van der Waals surface area contributed by atoms with E-state index < -0.39 is 0 Å². The molecule has 0 saturated carbocycles. The summed E-state index contributed by atoms with van der Waals surface area (Å²) >= 11 is 0. The molecule has 3 heterocycles. The van der Waals surface area contributed by atoms with E-state index >= 15 is 0 Å². The molecule has 0 atom stereocenters. The van der Waals surface area contributed by atoms with Crippen LogP contribution >= 0.6 is 0 Å². The zero-order valence-electron chi connectivity index (χ0n) is 11.7. The number of anilines is 1. The van der Waals surface area contributed by atoms with Crippen molar-refractivity contribution in [2.45, 2.75) is 26.2 Å². The van der Waals surface area contributed by atoms with Gasteiger partial charge < -0.3 is 10.2 Å². The first-order valence-electron chi connectivity index (χ1n) is 7.17. The Balaban J connectivity index is 1.92. The van der Waals surface area contributed by atoms with Crippen LogP contribution in [0.25, 0.3) is 5.65 Å². The number of nitrogens with zero attached hydrogens (tertiary/aromatic N) is 4. The van der Waals surface area contributed by atoms with Crippen LogP contribution in [-0.4, -0.2) is 40.1 Å². The molecule has 0 unspecified atom stereocenters. The fraction of sp³-hybridized carbons (Fsp3) is 0.500. The van der Waals surface area contributed by atoms with Crippen LogP contribution in [0.2, 0.25) is 0 Å². The third-order valence-electron chi connectivity index (χ3n) is 3.56. The van der Waals surface area contributed by atoms with Crippen LogP contribution in [0.1, 0.15) is 36.5 Å². The normalized spacial score (nSPS) is 14.9. The van der Waals surface area contributed by atoms with Crippen LogP contribution in [0.4, 0.5) is 5.82 Å². The van der Waals surface area contributed by atoms with Gasteiger partial charge in [0.25, 0.3) is 5.91 Å². The number of aromatic nitrogens is 3. The van der Waals surface area contributed by atoms with Crippen molar-refractivity contribution >= 4 is 17.4 Å². The van der Waals surface area contributed by atoms with E-state index in [1.165, 1.54) is 12.8 Å². The molecule has 3 rings (SSSR count). The molecular weight excluding hydrogens is 254 g/mol. The molecule has 0 aromatic carbocycles. The minimum Gasteiger partial charge on any atom is -0.357 e. The molecule has 20 heavy (non-hydrogen) atoms. The van der Waals surface area contributed by atoms with Gasteiger partial charge in [0.15, 0.2) is 5.65 Å². The third kappa shape index (κ3) is 2.33. The molecule has 2 aromatic rings. The number of rotatable bonds is 4. The second kappa shape index (κ2) is 5.48. The zero-order valence-corrected chi connectivity index (χ0v) is 11.7. The molecular formula is C14H19N5O. The largest absolute Gasteiger partial charge is 0.357 e. The maximum atomic E-state index is 12.1. The van der Waals surface area contributed by atoms with Crippen molar-refractivity contribution in [3.8, 4) is 0 Å². The number of nitrogens with one attached hydrogen (secondary N) is 1. The van der Waals surface area contributed by atoms with E-state index in [0.717, 1.165) is 25.3 Å². The SMILES string of the molecule is CCCNC(=O)c1cnn2ccc(N3CCCC3)nc12. The number of hydrogen-bond donors (Lipinski definition) is 1.